The van der Waals surface area contributed by atoms with E-state index in [1.165, 1.54) is 42.3 Å². The maximum Gasteiger partial charge on any atom is 0.416 e. The lowest BCUT2D eigenvalue weighted by Crippen LogP contribution is -2.55. The van der Waals surface area contributed by atoms with Gasteiger partial charge >= 0.3 is 22.3 Å². The molecule has 0 N–H and O–H groups in total. The predicted octanol–water partition coefficient (Wildman–Crippen LogP) is 6.86. The molecule has 4 aromatic carbocycles. The van der Waals surface area contributed by atoms with Gasteiger partial charge in [0, 0.05) is 43.5 Å². The van der Waals surface area contributed by atoms with Gasteiger partial charge in [0.25, 0.3) is 0 Å². The van der Waals surface area contributed by atoms with Crippen LogP contribution in [0.3, 0.4) is 0 Å². The molecule has 10 nitrogen and oxygen atoms in total. The fourth-order valence-electron chi connectivity index (χ4n) is 6.14. The number of aryl methyl sites for hydroxylation is 1. The number of para-hydroxylation sites is 1. The average molecular weight is 727 g/mol. The van der Waals surface area contributed by atoms with Gasteiger partial charge in [-0.25, -0.2) is 9.38 Å². The summed E-state index contributed by atoms with van der Waals surface area (Å²) in [6, 6.07) is 18.8. The molecule has 2 heterocycles. The number of hydrogen-bond acceptors (Lipinski definition) is 10. The lowest BCUT2D eigenvalue weighted by Gasteiger charge is -2.45. The second-order valence-electron chi connectivity index (χ2n) is 12.0. The Morgan fingerprint density at radius 1 is 0.882 bits per heavy atom. The number of rotatable bonds is 8. The van der Waals surface area contributed by atoms with Crippen molar-refractivity contribution in [3.8, 4) is 11.5 Å². The van der Waals surface area contributed by atoms with Gasteiger partial charge in [-0.3, -0.25) is 4.79 Å². The van der Waals surface area contributed by atoms with Crippen LogP contribution in [0.1, 0.15) is 29.2 Å². The topological polar surface area (TPSA) is 101 Å². The van der Waals surface area contributed by atoms with E-state index in [1.54, 1.807) is 31.1 Å². The Balaban J connectivity index is 1.43. The number of benzene rings is 4. The third kappa shape index (κ3) is 7.43. The number of halogens is 4. The number of carbonyl (C=O) groups is 1. The van der Waals surface area contributed by atoms with Crippen molar-refractivity contribution in [1.82, 2.24) is 4.90 Å². The number of alkyl halides is 3. The zero-order chi connectivity index (χ0) is 36.5. The minimum absolute atomic E-state index is 0.0104. The van der Waals surface area contributed by atoms with E-state index in [-0.39, 0.29) is 33.5 Å². The summed E-state index contributed by atoms with van der Waals surface area (Å²) in [5.74, 6) is -1.22. The molecule has 0 spiro atoms. The molecule has 0 bridgehead atoms. The number of fused-ring (bicyclic) bond motifs is 1. The summed E-state index contributed by atoms with van der Waals surface area (Å²) in [4.78, 5) is 23.2. The van der Waals surface area contributed by atoms with Crippen molar-refractivity contribution in [3.63, 3.8) is 0 Å². The SMILES string of the molecule is COc1cccc(N2CCN(C3=Nc4c(F)cccc4C(CC(=O)OS(=O)(=O)c4ccc(C)cc4)N3c3cc(C(F)(F)F)ccc3OC)CC2)c1. The Kier molecular flexibility index (Phi) is 9.84. The van der Waals surface area contributed by atoms with E-state index in [9.17, 15) is 26.4 Å². The smallest absolute Gasteiger partial charge is 0.416 e. The van der Waals surface area contributed by atoms with Crippen LogP contribution in [-0.2, 0) is 25.3 Å². The van der Waals surface area contributed by atoms with Crippen LogP contribution in [0, 0.1) is 12.7 Å². The summed E-state index contributed by atoms with van der Waals surface area (Å²) < 4.78 is 100. The molecule has 0 radical (unpaired) electrons. The van der Waals surface area contributed by atoms with Crippen LogP contribution < -0.4 is 19.3 Å². The maximum absolute atomic E-state index is 15.5. The number of aliphatic imine (C=N–C) groups is 1. The van der Waals surface area contributed by atoms with Gasteiger partial charge in [0.1, 0.15) is 27.9 Å². The van der Waals surface area contributed by atoms with E-state index in [0.717, 1.165) is 29.4 Å². The number of ether oxygens (including phenoxy) is 2. The van der Waals surface area contributed by atoms with Crippen LogP contribution in [0.25, 0.3) is 0 Å². The van der Waals surface area contributed by atoms with E-state index < -0.39 is 46.1 Å². The molecule has 2 aliphatic rings. The van der Waals surface area contributed by atoms with Crippen molar-refractivity contribution in [2.24, 2.45) is 4.99 Å². The lowest BCUT2D eigenvalue weighted by molar-refractivity contribution is -0.137. The average Bonchev–Trinajstić information content (AvgIpc) is 3.11. The summed E-state index contributed by atoms with van der Waals surface area (Å²) in [5.41, 5.74) is 0.553. The van der Waals surface area contributed by atoms with Crippen LogP contribution in [0.2, 0.25) is 0 Å². The van der Waals surface area contributed by atoms with Crippen LogP contribution in [0.4, 0.5) is 34.6 Å². The van der Waals surface area contributed by atoms with Crippen molar-refractivity contribution in [2.75, 3.05) is 50.2 Å². The van der Waals surface area contributed by atoms with Crippen molar-refractivity contribution < 1.29 is 44.4 Å². The Morgan fingerprint density at radius 3 is 2.24 bits per heavy atom. The molecule has 0 amide bonds. The largest absolute Gasteiger partial charge is 0.497 e. The maximum atomic E-state index is 15.5. The Labute approximate surface area is 292 Å². The standard InChI is InChI=1S/C36H34F4N4O6S/c1-23-10-13-27(14-11-23)51(46,47)50-33(45)22-30-28-8-5-9-29(37)34(28)41-35(44(30)31-20-24(36(38,39)40)12-15-32(31)49-3)43-18-16-42(17-19-43)25-6-4-7-26(21-25)48-2/h4-15,20-21,30H,16-19,22H2,1-3H3. The van der Waals surface area contributed by atoms with Gasteiger partial charge < -0.3 is 28.4 Å². The minimum atomic E-state index is -4.75. The van der Waals surface area contributed by atoms with E-state index in [1.807, 2.05) is 24.3 Å². The Hall–Kier alpha value is -5.31. The number of nitrogens with zero attached hydrogens (tertiary/aromatic N) is 4. The van der Waals surface area contributed by atoms with Gasteiger partial charge in [-0.2, -0.15) is 21.6 Å². The lowest BCUT2D eigenvalue weighted by atomic mass is 9.96. The van der Waals surface area contributed by atoms with Crippen LogP contribution in [0.15, 0.2) is 94.8 Å². The third-order valence-electron chi connectivity index (χ3n) is 8.73. The highest BCUT2D eigenvalue weighted by atomic mass is 32.2. The molecule has 6 rings (SSSR count). The zero-order valence-corrected chi connectivity index (χ0v) is 28.7. The number of guanidine groups is 1. The Morgan fingerprint density at radius 2 is 1.57 bits per heavy atom. The second-order valence-corrected chi connectivity index (χ2v) is 13.5. The molecule has 1 atom stereocenters. The quantitative estimate of drug-likeness (QED) is 0.142. The van der Waals surface area contributed by atoms with Crippen LogP contribution in [-0.4, -0.2) is 65.6 Å². The molecule has 1 fully saturated rings. The number of methoxy groups -OCH3 is 2. The van der Waals surface area contributed by atoms with Gasteiger partial charge in [-0.1, -0.05) is 35.9 Å². The first-order valence-electron chi connectivity index (χ1n) is 15.9. The number of hydrogen-bond donors (Lipinski definition) is 0. The monoisotopic (exact) mass is 726 g/mol. The van der Waals surface area contributed by atoms with Gasteiger partial charge in [0.15, 0.2) is 0 Å². The minimum Gasteiger partial charge on any atom is -0.497 e. The molecule has 15 heteroatoms. The first-order valence-corrected chi connectivity index (χ1v) is 17.3. The van der Waals surface area contributed by atoms with Gasteiger partial charge in [-0.15, -0.1) is 0 Å². The van der Waals surface area contributed by atoms with Gasteiger partial charge in [0.05, 0.1) is 37.9 Å². The molecule has 0 aromatic heterocycles. The third-order valence-corrected chi connectivity index (χ3v) is 9.99. The highest BCUT2D eigenvalue weighted by Gasteiger charge is 2.41. The number of carbonyl (C=O) groups excluding carboxylic acids is 1. The summed E-state index contributed by atoms with van der Waals surface area (Å²) in [7, 11) is -1.73. The molecule has 4 aromatic rings. The van der Waals surface area contributed by atoms with Crippen molar-refractivity contribution in [2.45, 2.75) is 30.5 Å². The van der Waals surface area contributed by atoms with E-state index >= 15 is 4.39 Å². The molecule has 2 aliphatic heterocycles. The first-order chi connectivity index (χ1) is 24.3. The van der Waals surface area contributed by atoms with E-state index in [0.29, 0.717) is 31.9 Å². The zero-order valence-electron chi connectivity index (χ0n) is 27.9. The summed E-state index contributed by atoms with van der Waals surface area (Å²) in [5, 5.41) is 0. The van der Waals surface area contributed by atoms with E-state index in [4.69, 9.17) is 13.7 Å². The molecule has 1 unspecified atom stereocenters. The van der Waals surface area contributed by atoms with E-state index in [2.05, 4.69) is 9.89 Å². The molecule has 51 heavy (non-hydrogen) atoms. The molecule has 0 saturated carbocycles. The van der Waals surface area contributed by atoms with Crippen molar-refractivity contribution in [3.05, 3.63) is 107 Å². The number of piperazine rings is 1. The fourth-order valence-corrected chi connectivity index (χ4v) is 7.02. The highest BCUT2D eigenvalue weighted by Crippen LogP contribution is 2.46. The summed E-state index contributed by atoms with van der Waals surface area (Å²) in [6.45, 7) is 3.26. The van der Waals surface area contributed by atoms with Gasteiger partial charge in [-0.05, 0) is 55.5 Å². The van der Waals surface area contributed by atoms with Crippen molar-refractivity contribution in [1.29, 1.82) is 0 Å². The van der Waals surface area contributed by atoms with Crippen molar-refractivity contribution >= 4 is 39.1 Å². The first kappa shape index (κ1) is 35.5. The summed E-state index contributed by atoms with van der Waals surface area (Å²) >= 11 is 0. The van der Waals surface area contributed by atoms with Gasteiger partial charge in [0.2, 0.25) is 5.96 Å². The molecular formula is C36H34F4N4O6S. The number of anilines is 2. The summed E-state index contributed by atoms with van der Waals surface area (Å²) in [6.07, 6.45) is -5.46. The molecule has 268 valence electrons. The molecular weight excluding hydrogens is 692 g/mol. The second kappa shape index (κ2) is 14.1. The normalized spacial score (nSPS) is 16.3. The predicted molar refractivity (Wildman–Crippen MR) is 183 cm³/mol. The highest BCUT2D eigenvalue weighted by molar-refractivity contribution is 7.87. The van der Waals surface area contributed by atoms with Crippen LogP contribution in [0.5, 0.6) is 11.5 Å². The molecule has 1 saturated heterocycles. The van der Waals surface area contributed by atoms with Crippen LogP contribution >= 0.6 is 0 Å². The molecule has 0 aliphatic carbocycles. The Bertz CT molecular complexity index is 2070. The fraction of sp³-hybridized carbons (Fsp3) is 0.278.